The highest BCUT2D eigenvalue weighted by atomic mass is 35.5. The van der Waals surface area contributed by atoms with E-state index in [2.05, 4.69) is 23.1 Å². The summed E-state index contributed by atoms with van der Waals surface area (Å²) in [5.41, 5.74) is 3.26. The van der Waals surface area contributed by atoms with Crippen LogP contribution >= 0.6 is 12.4 Å². The van der Waals surface area contributed by atoms with E-state index in [4.69, 9.17) is 14.2 Å². The van der Waals surface area contributed by atoms with Crippen molar-refractivity contribution in [2.75, 3.05) is 32.8 Å². The Morgan fingerprint density at radius 1 is 0.967 bits per heavy atom. The molecule has 1 saturated carbocycles. The van der Waals surface area contributed by atoms with Gasteiger partial charge < -0.3 is 19.1 Å². The van der Waals surface area contributed by atoms with E-state index in [-0.39, 0.29) is 12.4 Å². The quantitative estimate of drug-likeness (QED) is 0.677. The number of nitrogens with zero attached hydrogens (tertiary/aromatic N) is 2. The molecule has 0 amide bonds. The third-order valence-corrected chi connectivity index (χ3v) is 6.62. The van der Waals surface area contributed by atoms with Gasteiger partial charge in [0.25, 0.3) is 0 Å². The normalized spacial score (nSPS) is 22.5. The lowest BCUT2D eigenvalue weighted by atomic mass is 9.69. The molecule has 2 aromatic rings. The van der Waals surface area contributed by atoms with Gasteiger partial charge in [-0.3, -0.25) is 0 Å². The third kappa shape index (κ3) is 3.77. The Labute approximate surface area is 185 Å². The topological polar surface area (TPSA) is 54.7 Å². The van der Waals surface area contributed by atoms with Gasteiger partial charge in [0.2, 0.25) is 0 Å². The van der Waals surface area contributed by atoms with Crippen LogP contribution in [-0.2, 0) is 11.8 Å². The molecule has 0 spiro atoms. The maximum atomic E-state index is 10.1. The molecular formula is C24H29ClN2O3. The molecule has 2 aromatic carbocycles. The molecular weight excluding hydrogens is 400 g/mol. The number of methoxy groups -OCH3 is 3. The molecule has 0 unspecified atom stereocenters. The maximum absolute atomic E-state index is 10.1. The van der Waals surface area contributed by atoms with Crippen LogP contribution < -0.4 is 19.1 Å². The monoisotopic (exact) mass is 428 g/mol. The fourth-order valence-electron chi connectivity index (χ4n) is 4.92. The molecule has 0 bridgehead atoms. The smallest absolute Gasteiger partial charge is 0.161 e. The Hall–Kier alpha value is -2.58. The van der Waals surface area contributed by atoms with Gasteiger partial charge in [0, 0.05) is 18.3 Å². The maximum Gasteiger partial charge on any atom is 0.161 e. The molecule has 0 atom stereocenters. The molecule has 0 saturated heterocycles. The number of nitriles is 1. The summed E-state index contributed by atoms with van der Waals surface area (Å²) in [5, 5.41) is 10.1. The first-order chi connectivity index (χ1) is 14.1. The van der Waals surface area contributed by atoms with Gasteiger partial charge in [0.1, 0.15) is 5.75 Å². The van der Waals surface area contributed by atoms with Crippen LogP contribution in [0.15, 0.2) is 36.4 Å². The van der Waals surface area contributed by atoms with E-state index < -0.39 is 5.41 Å². The van der Waals surface area contributed by atoms with Crippen LogP contribution in [0.2, 0.25) is 0 Å². The zero-order valence-corrected chi connectivity index (χ0v) is 18.6. The molecule has 6 heteroatoms. The molecule has 1 heterocycles. The highest BCUT2D eigenvalue weighted by molar-refractivity contribution is 5.85. The standard InChI is InChI=1S/C24H28N2O3.ClH/c1-27-20-5-6-21-17(14-20)10-13-26(21)19-8-11-24(16-25,12-9-19)18-4-7-22(28-2)23(15-18)29-3;/h4-7,14-15,19H,8-13H2,1-3H3;1H. The van der Waals surface area contributed by atoms with Crippen LogP contribution in [0, 0.1) is 11.3 Å². The van der Waals surface area contributed by atoms with Gasteiger partial charge in [-0.2, -0.15) is 5.26 Å². The van der Waals surface area contributed by atoms with Crippen molar-refractivity contribution in [1.29, 1.82) is 5.26 Å². The van der Waals surface area contributed by atoms with Crippen molar-refractivity contribution in [3.8, 4) is 23.3 Å². The Balaban J connectivity index is 0.00000256. The molecule has 5 nitrogen and oxygen atoms in total. The Morgan fingerprint density at radius 2 is 1.70 bits per heavy atom. The zero-order chi connectivity index (χ0) is 20.4. The zero-order valence-electron chi connectivity index (χ0n) is 17.8. The summed E-state index contributed by atoms with van der Waals surface area (Å²) in [4.78, 5) is 2.53. The summed E-state index contributed by atoms with van der Waals surface area (Å²) in [5.74, 6) is 2.30. The molecule has 2 aliphatic rings. The predicted molar refractivity (Wildman–Crippen MR) is 120 cm³/mol. The second-order valence-electron chi connectivity index (χ2n) is 7.93. The highest BCUT2D eigenvalue weighted by Gasteiger charge is 2.40. The number of hydrogen-bond donors (Lipinski definition) is 0. The number of hydrogen-bond acceptors (Lipinski definition) is 5. The lowest BCUT2D eigenvalue weighted by Gasteiger charge is -2.40. The largest absolute Gasteiger partial charge is 0.497 e. The van der Waals surface area contributed by atoms with Crippen LogP contribution in [0.3, 0.4) is 0 Å². The number of benzene rings is 2. The first kappa shape index (κ1) is 22.1. The van der Waals surface area contributed by atoms with E-state index in [0.717, 1.165) is 50.0 Å². The predicted octanol–water partition coefficient (Wildman–Crippen LogP) is 4.90. The summed E-state index contributed by atoms with van der Waals surface area (Å²) < 4.78 is 16.2. The summed E-state index contributed by atoms with van der Waals surface area (Å²) in [6.45, 7) is 1.04. The van der Waals surface area contributed by atoms with Gasteiger partial charge in [0.15, 0.2) is 11.5 Å². The van der Waals surface area contributed by atoms with Crippen molar-refractivity contribution in [1.82, 2.24) is 0 Å². The molecule has 30 heavy (non-hydrogen) atoms. The summed E-state index contributed by atoms with van der Waals surface area (Å²) in [7, 11) is 4.98. The Morgan fingerprint density at radius 3 is 2.33 bits per heavy atom. The van der Waals surface area contributed by atoms with Crippen molar-refractivity contribution in [2.24, 2.45) is 0 Å². The highest BCUT2D eigenvalue weighted by Crippen LogP contribution is 2.45. The minimum absolute atomic E-state index is 0. The van der Waals surface area contributed by atoms with Gasteiger partial charge in [-0.1, -0.05) is 6.07 Å². The van der Waals surface area contributed by atoms with Crippen LogP contribution in [0.25, 0.3) is 0 Å². The first-order valence-corrected chi connectivity index (χ1v) is 10.2. The number of rotatable bonds is 5. The van der Waals surface area contributed by atoms with Crippen LogP contribution in [-0.4, -0.2) is 33.9 Å². The number of ether oxygens (including phenoxy) is 3. The Kier molecular flexibility index (Phi) is 6.67. The minimum atomic E-state index is -0.460. The number of fused-ring (bicyclic) bond motifs is 1. The van der Waals surface area contributed by atoms with Crippen LogP contribution in [0.4, 0.5) is 5.69 Å². The van der Waals surface area contributed by atoms with E-state index in [9.17, 15) is 5.26 Å². The van der Waals surface area contributed by atoms with E-state index in [1.807, 2.05) is 24.3 Å². The first-order valence-electron chi connectivity index (χ1n) is 10.2. The fourth-order valence-corrected chi connectivity index (χ4v) is 4.92. The summed E-state index contributed by atoms with van der Waals surface area (Å²) in [6.07, 6.45) is 4.78. The average Bonchev–Trinajstić information content (AvgIpc) is 3.21. The summed E-state index contributed by atoms with van der Waals surface area (Å²) in [6, 6.07) is 15.4. The van der Waals surface area contributed by atoms with Gasteiger partial charge in [-0.15, -0.1) is 12.4 Å². The molecule has 1 aliphatic heterocycles. The molecule has 4 rings (SSSR count). The van der Waals surface area contributed by atoms with Crippen molar-refractivity contribution < 1.29 is 14.2 Å². The van der Waals surface area contributed by atoms with Gasteiger partial charge in [0.05, 0.1) is 32.8 Å². The van der Waals surface area contributed by atoms with Crippen molar-refractivity contribution in [3.63, 3.8) is 0 Å². The van der Waals surface area contributed by atoms with E-state index in [1.54, 1.807) is 21.3 Å². The summed E-state index contributed by atoms with van der Waals surface area (Å²) >= 11 is 0. The van der Waals surface area contributed by atoms with E-state index >= 15 is 0 Å². The average molecular weight is 429 g/mol. The molecule has 0 N–H and O–H groups in total. The Bertz CT molecular complexity index is 933. The van der Waals surface area contributed by atoms with Gasteiger partial charge in [-0.05, 0) is 73.6 Å². The molecule has 0 aromatic heterocycles. The second kappa shape index (κ2) is 9.06. The van der Waals surface area contributed by atoms with Gasteiger partial charge >= 0.3 is 0 Å². The van der Waals surface area contributed by atoms with E-state index in [1.165, 1.54) is 11.3 Å². The van der Waals surface area contributed by atoms with Crippen LogP contribution in [0.1, 0.15) is 36.8 Å². The number of anilines is 1. The molecule has 160 valence electrons. The van der Waals surface area contributed by atoms with E-state index in [0.29, 0.717) is 17.5 Å². The number of halogens is 1. The van der Waals surface area contributed by atoms with Crippen molar-refractivity contribution in [2.45, 2.75) is 43.6 Å². The lowest BCUT2D eigenvalue weighted by Crippen LogP contribution is -2.41. The van der Waals surface area contributed by atoms with Crippen LogP contribution in [0.5, 0.6) is 17.2 Å². The third-order valence-electron chi connectivity index (χ3n) is 6.62. The molecule has 1 aliphatic carbocycles. The minimum Gasteiger partial charge on any atom is -0.497 e. The lowest BCUT2D eigenvalue weighted by molar-refractivity contribution is 0.318. The van der Waals surface area contributed by atoms with Crippen molar-refractivity contribution >= 4 is 18.1 Å². The molecule has 1 fully saturated rings. The van der Waals surface area contributed by atoms with Crippen molar-refractivity contribution in [3.05, 3.63) is 47.5 Å². The SMILES string of the molecule is COc1ccc2c(c1)CCN2C1CCC(C#N)(c2ccc(OC)c(OC)c2)CC1.Cl. The fraction of sp³-hybridized carbons (Fsp3) is 0.458. The van der Waals surface area contributed by atoms with Gasteiger partial charge in [-0.25, -0.2) is 0 Å². The second-order valence-corrected chi connectivity index (χ2v) is 7.93. The molecule has 0 radical (unpaired) electrons.